The molecule has 20 heavy (non-hydrogen) atoms. The first-order chi connectivity index (χ1) is 9.56. The molecule has 0 fully saturated rings. The molecule has 0 aliphatic rings. The minimum atomic E-state index is -1.11. The monoisotopic (exact) mass is 283 g/mol. The van der Waals surface area contributed by atoms with Gasteiger partial charge in [0.15, 0.2) is 0 Å². The second-order valence-corrected chi connectivity index (χ2v) is 4.24. The van der Waals surface area contributed by atoms with Gasteiger partial charge in [0.05, 0.1) is 13.2 Å². The van der Waals surface area contributed by atoms with E-state index in [-0.39, 0.29) is 13.2 Å². The predicted molar refractivity (Wildman–Crippen MR) is 72.5 cm³/mol. The molecule has 1 aromatic rings. The Morgan fingerprint density at radius 2 is 1.90 bits per heavy atom. The van der Waals surface area contributed by atoms with E-state index in [1.165, 1.54) is 18.2 Å². The maximum absolute atomic E-state index is 13.2. The molecule has 6 heteroatoms. The molecule has 0 aliphatic carbocycles. The standard InChI is InChI=1S/C14H18FNO4/c15-13-3-1-12(10-16(5-7-17)6-8-18)11(9-13)2-4-14(19)20/h1-4,9,17-18H,5-8,10H2,(H,19,20). The summed E-state index contributed by atoms with van der Waals surface area (Å²) in [6.45, 7) is 1.03. The molecule has 0 aliphatic heterocycles. The Hall–Kier alpha value is -1.76. The van der Waals surface area contributed by atoms with Crippen molar-refractivity contribution < 1.29 is 24.5 Å². The van der Waals surface area contributed by atoms with E-state index in [1.54, 1.807) is 11.0 Å². The second-order valence-electron chi connectivity index (χ2n) is 4.24. The lowest BCUT2D eigenvalue weighted by Gasteiger charge is -2.21. The summed E-state index contributed by atoms with van der Waals surface area (Å²) in [5.41, 5.74) is 1.19. The van der Waals surface area contributed by atoms with Crippen LogP contribution < -0.4 is 0 Å². The van der Waals surface area contributed by atoms with E-state index in [0.29, 0.717) is 25.2 Å². The fourth-order valence-corrected chi connectivity index (χ4v) is 1.82. The number of carboxylic acids is 1. The van der Waals surface area contributed by atoms with Crippen LogP contribution in [0.3, 0.4) is 0 Å². The number of carboxylic acid groups (broad SMARTS) is 1. The van der Waals surface area contributed by atoms with Gasteiger partial charge < -0.3 is 15.3 Å². The Bertz CT molecular complexity index is 470. The summed E-state index contributed by atoms with van der Waals surface area (Å²) in [5.74, 6) is -1.56. The second kappa shape index (κ2) is 8.42. The molecule has 0 saturated carbocycles. The van der Waals surface area contributed by atoms with Gasteiger partial charge in [-0.1, -0.05) is 6.07 Å². The summed E-state index contributed by atoms with van der Waals surface area (Å²) in [6, 6.07) is 4.12. The van der Waals surface area contributed by atoms with E-state index in [1.807, 2.05) is 0 Å². The van der Waals surface area contributed by atoms with Crippen LogP contribution in [0.25, 0.3) is 6.08 Å². The lowest BCUT2D eigenvalue weighted by molar-refractivity contribution is -0.131. The minimum Gasteiger partial charge on any atom is -0.478 e. The fourth-order valence-electron chi connectivity index (χ4n) is 1.82. The molecule has 5 nitrogen and oxygen atoms in total. The largest absolute Gasteiger partial charge is 0.478 e. The van der Waals surface area contributed by atoms with Gasteiger partial charge >= 0.3 is 5.97 Å². The van der Waals surface area contributed by atoms with Crippen molar-refractivity contribution in [2.75, 3.05) is 26.3 Å². The van der Waals surface area contributed by atoms with Crippen molar-refractivity contribution in [3.05, 3.63) is 41.2 Å². The molecule has 1 rings (SSSR count). The van der Waals surface area contributed by atoms with Crippen molar-refractivity contribution in [1.82, 2.24) is 4.90 Å². The van der Waals surface area contributed by atoms with E-state index in [2.05, 4.69) is 0 Å². The highest BCUT2D eigenvalue weighted by Crippen LogP contribution is 2.15. The Morgan fingerprint density at radius 3 is 2.45 bits per heavy atom. The number of aliphatic hydroxyl groups excluding tert-OH is 2. The van der Waals surface area contributed by atoms with Crippen LogP contribution in [0.2, 0.25) is 0 Å². The predicted octanol–water partition coefficient (Wildman–Crippen LogP) is 0.710. The molecule has 0 aromatic heterocycles. The van der Waals surface area contributed by atoms with Crippen molar-refractivity contribution in [3.8, 4) is 0 Å². The highest BCUT2D eigenvalue weighted by Gasteiger charge is 2.08. The summed E-state index contributed by atoms with van der Waals surface area (Å²) < 4.78 is 13.2. The van der Waals surface area contributed by atoms with E-state index in [9.17, 15) is 9.18 Å². The molecule has 1 aromatic carbocycles. The van der Waals surface area contributed by atoms with E-state index < -0.39 is 11.8 Å². The zero-order valence-corrected chi connectivity index (χ0v) is 11.0. The first-order valence-corrected chi connectivity index (χ1v) is 6.20. The van der Waals surface area contributed by atoms with Gasteiger partial charge in [-0.25, -0.2) is 9.18 Å². The quantitative estimate of drug-likeness (QED) is 0.612. The van der Waals surface area contributed by atoms with Crippen LogP contribution >= 0.6 is 0 Å². The summed E-state index contributed by atoms with van der Waals surface area (Å²) in [7, 11) is 0. The molecular formula is C14H18FNO4. The SMILES string of the molecule is O=C(O)C=Cc1cc(F)ccc1CN(CCO)CCO. The third-order valence-corrected chi connectivity index (χ3v) is 2.74. The molecule has 0 saturated heterocycles. The first-order valence-electron chi connectivity index (χ1n) is 6.20. The van der Waals surface area contributed by atoms with Crippen molar-refractivity contribution in [2.45, 2.75) is 6.54 Å². The van der Waals surface area contributed by atoms with E-state index in [4.69, 9.17) is 15.3 Å². The number of aliphatic hydroxyl groups is 2. The zero-order chi connectivity index (χ0) is 15.0. The molecule has 3 N–H and O–H groups in total. The van der Waals surface area contributed by atoms with Gasteiger partial charge in [0, 0.05) is 25.7 Å². The van der Waals surface area contributed by atoms with Crippen LogP contribution in [0, 0.1) is 5.82 Å². The summed E-state index contributed by atoms with van der Waals surface area (Å²) in [4.78, 5) is 12.3. The molecule has 110 valence electrons. The van der Waals surface area contributed by atoms with Gasteiger partial charge in [0.1, 0.15) is 5.82 Å². The number of hydrogen-bond donors (Lipinski definition) is 3. The van der Waals surface area contributed by atoms with Gasteiger partial charge in [0.25, 0.3) is 0 Å². The van der Waals surface area contributed by atoms with Crippen LogP contribution in [0.4, 0.5) is 4.39 Å². The van der Waals surface area contributed by atoms with E-state index in [0.717, 1.165) is 11.6 Å². The maximum atomic E-state index is 13.2. The van der Waals surface area contributed by atoms with Crippen LogP contribution in [0.5, 0.6) is 0 Å². The van der Waals surface area contributed by atoms with Crippen molar-refractivity contribution >= 4 is 12.0 Å². The molecule has 0 amide bonds. The summed E-state index contributed by atoms with van der Waals surface area (Å²) >= 11 is 0. The van der Waals surface area contributed by atoms with E-state index >= 15 is 0 Å². The molecule has 0 spiro atoms. The van der Waals surface area contributed by atoms with Gasteiger partial charge in [-0.15, -0.1) is 0 Å². The molecule has 0 unspecified atom stereocenters. The first kappa shape index (κ1) is 16.3. The number of nitrogens with zero attached hydrogens (tertiary/aromatic N) is 1. The molecule has 0 bridgehead atoms. The normalized spacial score (nSPS) is 11.4. The highest BCUT2D eigenvalue weighted by molar-refractivity contribution is 5.85. The van der Waals surface area contributed by atoms with Gasteiger partial charge in [-0.05, 0) is 29.3 Å². The molecule has 0 atom stereocenters. The van der Waals surface area contributed by atoms with Crippen molar-refractivity contribution in [1.29, 1.82) is 0 Å². The van der Waals surface area contributed by atoms with Gasteiger partial charge in [-0.2, -0.15) is 0 Å². The molecule has 0 heterocycles. The summed E-state index contributed by atoms with van der Waals surface area (Å²) in [6.07, 6.45) is 2.28. The third-order valence-electron chi connectivity index (χ3n) is 2.74. The lowest BCUT2D eigenvalue weighted by atomic mass is 10.1. The zero-order valence-electron chi connectivity index (χ0n) is 11.0. The molecular weight excluding hydrogens is 265 g/mol. The third kappa shape index (κ3) is 5.48. The average Bonchev–Trinajstić information content (AvgIpc) is 2.39. The van der Waals surface area contributed by atoms with Crippen LogP contribution in [-0.4, -0.2) is 52.5 Å². The lowest BCUT2D eigenvalue weighted by Crippen LogP contribution is -2.29. The molecule has 0 radical (unpaired) electrons. The Morgan fingerprint density at radius 1 is 1.25 bits per heavy atom. The van der Waals surface area contributed by atoms with Crippen LogP contribution in [0.1, 0.15) is 11.1 Å². The summed E-state index contributed by atoms with van der Waals surface area (Å²) in [5, 5.41) is 26.5. The van der Waals surface area contributed by atoms with Crippen LogP contribution in [0.15, 0.2) is 24.3 Å². The number of hydrogen-bond acceptors (Lipinski definition) is 4. The number of aliphatic carboxylic acids is 1. The number of halogens is 1. The smallest absolute Gasteiger partial charge is 0.328 e. The number of carbonyl (C=O) groups is 1. The maximum Gasteiger partial charge on any atom is 0.328 e. The van der Waals surface area contributed by atoms with Crippen LogP contribution in [-0.2, 0) is 11.3 Å². The number of rotatable bonds is 8. The Kier molecular flexibility index (Phi) is 6.86. The average molecular weight is 283 g/mol. The number of benzene rings is 1. The van der Waals surface area contributed by atoms with Crippen molar-refractivity contribution in [3.63, 3.8) is 0 Å². The van der Waals surface area contributed by atoms with Crippen molar-refractivity contribution in [2.24, 2.45) is 0 Å². The Labute approximate surface area is 116 Å². The van der Waals surface area contributed by atoms with Gasteiger partial charge in [0.2, 0.25) is 0 Å². The topological polar surface area (TPSA) is 81.0 Å². The Balaban J connectivity index is 2.94. The highest BCUT2D eigenvalue weighted by atomic mass is 19.1. The fraction of sp³-hybridized carbons (Fsp3) is 0.357. The van der Waals surface area contributed by atoms with Gasteiger partial charge in [-0.3, -0.25) is 4.90 Å². The minimum absolute atomic E-state index is 0.0541.